The molecule has 10 heteroatoms. The summed E-state index contributed by atoms with van der Waals surface area (Å²) in [7, 11) is 0. The van der Waals surface area contributed by atoms with Crippen LogP contribution in [0.15, 0.2) is 29.3 Å². The first-order valence-electron chi connectivity index (χ1n) is 9.09. The number of aromatic nitrogens is 1. The summed E-state index contributed by atoms with van der Waals surface area (Å²) in [6.45, 7) is 2.22. The van der Waals surface area contributed by atoms with E-state index in [-0.39, 0.29) is 70.0 Å². The molecule has 3 N–H and O–H groups in total. The Labute approximate surface area is 210 Å². The van der Waals surface area contributed by atoms with Gasteiger partial charge in [-0.05, 0) is 44.4 Å². The molecule has 1 aromatic carbocycles. The second-order valence-corrected chi connectivity index (χ2v) is 7.71. The standard InChI is InChI=1S/C19H22N5O3S.Ac.H2/c1-11(20)21-8-4-6-14(23-18(27)15-9-12(25)10-22-15)17(26)19-24-13-5-2-3-7-16(13)28-19;;/h2-3,5,7,14-15H,4,6,8-10H2,1H3,(H2,20,21)(H,23,27);;1H/q-1;;/t14-,15-;;/m0../s1. The summed E-state index contributed by atoms with van der Waals surface area (Å²) in [6.07, 6.45) is 1.07. The molecule has 8 nitrogen and oxygen atoms in total. The molecule has 0 bridgehead atoms. The van der Waals surface area contributed by atoms with Crippen LogP contribution in [0.5, 0.6) is 0 Å². The van der Waals surface area contributed by atoms with Gasteiger partial charge in [-0.3, -0.25) is 14.6 Å². The summed E-state index contributed by atoms with van der Waals surface area (Å²) in [5.41, 5.74) is 6.29. The Bertz CT molecular complexity index is 899. The first kappa shape index (κ1) is 24.1. The van der Waals surface area contributed by atoms with E-state index in [0.717, 1.165) is 10.2 Å². The number of carbonyl (C=O) groups excluding carboxylic acids is 3. The van der Waals surface area contributed by atoms with Crippen LogP contribution in [-0.2, 0) is 9.59 Å². The van der Waals surface area contributed by atoms with Crippen molar-refractivity contribution in [3.05, 3.63) is 34.6 Å². The third kappa shape index (κ3) is 6.64. The number of fused-ring (bicyclic) bond motifs is 1. The van der Waals surface area contributed by atoms with Crippen LogP contribution in [0.1, 0.15) is 37.4 Å². The van der Waals surface area contributed by atoms with Gasteiger partial charge in [0.05, 0.1) is 22.1 Å². The normalized spacial score (nSPS) is 17.8. The number of hydrogen-bond donors (Lipinski definition) is 2. The van der Waals surface area contributed by atoms with Gasteiger partial charge in [-0.25, -0.2) is 4.98 Å². The Morgan fingerprint density at radius 3 is 2.86 bits per heavy atom. The van der Waals surface area contributed by atoms with Crippen LogP contribution in [-0.4, -0.2) is 53.5 Å². The van der Waals surface area contributed by atoms with Crippen LogP contribution in [0, 0.1) is 44.1 Å². The van der Waals surface area contributed by atoms with Gasteiger partial charge in [-0.15, -0.1) is 11.3 Å². The smallest absolute Gasteiger partial charge is 0.213 e. The molecule has 0 aliphatic carbocycles. The number of nitrogens with one attached hydrogen (secondary N) is 1. The molecular formula is C19H24AcN5O3S-. The third-order valence-corrected chi connectivity index (χ3v) is 5.41. The Kier molecular flexibility index (Phi) is 9.34. The maximum atomic E-state index is 13.0. The van der Waals surface area contributed by atoms with Crippen molar-refractivity contribution < 1.29 is 59.9 Å². The molecule has 1 fully saturated rings. The minimum Gasteiger partial charge on any atom is -0.645 e. The summed E-state index contributed by atoms with van der Waals surface area (Å²) < 4.78 is 0.913. The minimum atomic E-state index is -0.743. The third-order valence-electron chi connectivity index (χ3n) is 4.36. The Balaban J connectivity index is 0.00000225. The molecule has 1 aliphatic rings. The predicted molar refractivity (Wildman–Crippen MR) is 111 cm³/mol. The van der Waals surface area contributed by atoms with Gasteiger partial charge < -0.3 is 21.2 Å². The number of rotatable bonds is 8. The predicted octanol–water partition coefficient (Wildman–Crippen LogP) is 2.08. The van der Waals surface area contributed by atoms with E-state index in [9.17, 15) is 14.4 Å². The molecule has 29 heavy (non-hydrogen) atoms. The van der Waals surface area contributed by atoms with E-state index >= 15 is 0 Å². The van der Waals surface area contributed by atoms with Gasteiger partial charge in [0.15, 0.2) is 5.01 Å². The van der Waals surface area contributed by atoms with Crippen LogP contribution >= 0.6 is 11.3 Å². The molecule has 2 aromatic rings. The average molecular weight is 630 g/mol. The summed E-state index contributed by atoms with van der Waals surface area (Å²) in [4.78, 5) is 45.4. The van der Waals surface area contributed by atoms with Crippen LogP contribution in [0.2, 0.25) is 0 Å². The summed E-state index contributed by atoms with van der Waals surface area (Å²) in [5, 5.41) is 7.15. The van der Waals surface area contributed by atoms with E-state index in [1.165, 1.54) is 11.3 Å². The Morgan fingerprint density at radius 2 is 2.21 bits per heavy atom. The Morgan fingerprint density at radius 1 is 1.45 bits per heavy atom. The van der Waals surface area contributed by atoms with E-state index in [2.05, 4.69) is 20.6 Å². The maximum absolute atomic E-state index is 13.0. The van der Waals surface area contributed by atoms with Crippen molar-refractivity contribution in [2.45, 2.75) is 38.3 Å². The van der Waals surface area contributed by atoms with E-state index in [4.69, 9.17) is 5.73 Å². The first-order valence-corrected chi connectivity index (χ1v) is 9.90. The van der Waals surface area contributed by atoms with Gasteiger partial charge in [-0.2, -0.15) is 0 Å². The summed E-state index contributed by atoms with van der Waals surface area (Å²) >= 11 is 1.30. The molecule has 0 saturated carbocycles. The van der Waals surface area contributed by atoms with Gasteiger partial charge in [0.2, 0.25) is 11.7 Å². The molecule has 1 aromatic heterocycles. The van der Waals surface area contributed by atoms with Crippen LogP contribution < -0.4 is 11.1 Å². The number of nitrogens with two attached hydrogens (primary N) is 1. The molecule has 0 spiro atoms. The zero-order valence-corrected chi connectivity index (χ0v) is 21.7. The fourth-order valence-corrected chi connectivity index (χ4v) is 3.91. The first-order chi connectivity index (χ1) is 13.4. The molecular weight excluding hydrogens is 605 g/mol. The number of carbonyl (C=O) groups is 3. The molecule has 2 heterocycles. The van der Waals surface area contributed by atoms with Crippen molar-refractivity contribution in [3.63, 3.8) is 0 Å². The number of aliphatic imine (C=N–C) groups is 1. The quantitative estimate of drug-likeness (QED) is 0.200. The van der Waals surface area contributed by atoms with Gasteiger partial charge in [0, 0.05) is 52.0 Å². The van der Waals surface area contributed by atoms with Crippen molar-refractivity contribution in [2.24, 2.45) is 10.7 Å². The summed E-state index contributed by atoms with van der Waals surface area (Å²) in [5.74, 6) is -0.237. The van der Waals surface area contributed by atoms with Gasteiger partial charge in [-0.1, -0.05) is 18.7 Å². The molecule has 1 aliphatic heterocycles. The van der Waals surface area contributed by atoms with E-state index in [1.54, 1.807) is 6.92 Å². The maximum Gasteiger partial charge on any atom is 0.213 e. The van der Waals surface area contributed by atoms with Crippen molar-refractivity contribution >= 4 is 44.9 Å². The number of ketones is 2. The number of amides is 1. The van der Waals surface area contributed by atoms with Crippen LogP contribution in [0.25, 0.3) is 15.5 Å². The van der Waals surface area contributed by atoms with Crippen molar-refractivity contribution in [3.8, 4) is 0 Å². The second-order valence-electron chi connectivity index (χ2n) is 6.68. The molecule has 1 saturated heterocycles. The number of benzene rings is 1. The number of thiazole rings is 1. The topological polar surface area (TPSA) is 129 Å². The monoisotopic (exact) mass is 629 g/mol. The zero-order chi connectivity index (χ0) is 20.1. The average Bonchev–Trinajstić information content (AvgIpc) is 3.29. The fourth-order valence-electron chi connectivity index (χ4n) is 2.95. The number of nitrogens with zero attached hydrogens (tertiary/aromatic N) is 3. The van der Waals surface area contributed by atoms with Crippen LogP contribution in [0.3, 0.4) is 0 Å². The SMILES string of the molecule is CC(N)=NCCC[C@H](NC(=O)[C@@H]1CC(=O)C[N-]1)C(=O)c1nc2ccccc2s1.[Ac].[HH]. The fraction of sp³-hybridized carbons (Fsp3) is 0.421. The number of hydrogen-bond acceptors (Lipinski definition) is 6. The van der Waals surface area contributed by atoms with E-state index in [1.807, 2.05) is 24.3 Å². The summed E-state index contributed by atoms with van der Waals surface area (Å²) in [6, 6.07) is 6.04. The van der Waals surface area contributed by atoms with Crippen molar-refractivity contribution in [2.75, 3.05) is 13.1 Å². The number of amidine groups is 1. The Hall–Kier alpha value is -1.21. The van der Waals surface area contributed by atoms with Crippen molar-refractivity contribution in [1.29, 1.82) is 0 Å². The molecule has 0 unspecified atom stereocenters. The number of para-hydroxylation sites is 1. The van der Waals surface area contributed by atoms with Gasteiger partial charge in [0.1, 0.15) is 5.78 Å². The van der Waals surface area contributed by atoms with Crippen molar-refractivity contribution in [1.82, 2.24) is 10.3 Å². The molecule has 3 rings (SSSR count). The molecule has 1 radical (unpaired) electrons. The second kappa shape index (κ2) is 11.3. The van der Waals surface area contributed by atoms with E-state index in [0.29, 0.717) is 30.2 Å². The minimum absolute atomic E-state index is 0. The zero-order valence-electron chi connectivity index (χ0n) is 16.1. The molecule has 1 amide bonds. The number of Topliss-reactive ketones (excluding diaryl/α,β-unsaturated/α-hetero) is 2. The molecule has 2 atom stereocenters. The van der Waals surface area contributed by atoms with Crippen LogP contribution in [0.4, 0.5) is 0 Å². The molecule has 153 valence electrons. The largest absolute Gasteiger partial charge is 0.645 e. The van der Waals surface area contributed by atoms with E-state index < -0.39 is 18.0 Å². The van der Waals surface area contributed by atoms with Gasteiger partial charge in [0.25, 0.3) is 0 Å². The van der Waals surface area contributed by atoms with Gasteiger partial charge >= 0.3 is 0 Å².